The molecule has 18 heavy (non-hydrogen) atoms. The van der Waals surface area contributed by atoms with Gasteiger partial charge in [0.05, 0.1) is 10.6 Å². The van der Waals surface area contributed by atoms with Gasteiger partial charge in [0, 0.05) is 25.2 Å². The van der Waals surface area contributed by atoms with E-state index in [4.69, 9.17) is 0 Å². The lowest BCUT2D eigenvalue weighted by Gasteiger charge is -2.08. The van der Waals surface area contributed by atoms with Crippen LogP contribution in [0.2, 0.25) is 0 Å². The summed E-state index contributed by atoms with van der Waals surface area (Å²) in [7, 11) is -3.33. The fourth-order valence-corrected chi connectivity index (χ4v) is 2.18. The van der Waals surface area contributed by atoms with Gasteiger partial charge in [0.1, 0.15) is 5.82 Å². The van der Waals surface area contributed by atoms with Crippen LogP contribution >= 0.6 is 0 Å². The van der Waals surface area contributed by atoms with E-state index in [-0.39, 0.29) is 10.6 Å². The Kier molecular flexibility index (Phi) is 3.38. The number of benzene rings is 1. The van der Waals surface area contributed by atoms with E-state index in [9.17, 15) is 12.8 Å². The van der Waals surface area contributed by atoms with E-state index in [1.807, 2.05) is 6.07 Å². The van der Waals surface area contributed by atoms with Crippen LogP contribution in [0.1, 0.15) is 5.56 Å². The molecule has 0 amide bonds. The van der Waals surface area contributed by atoms with Crippen LogP contribution in [-0.2, 0) is 16.4 Å². The fourth-order valence-electron chi connectivity index (χ4n) is 1.54. The fraction of sp³-hybridized carbons (Fsp3) is 0.167. The molecule has 2 rings (SSSR count). The van der Waals surface area contributed by atoms with Crippen LogP contribution in [0.3, 0.4) is 0 Å². The maximum atomic E-state index is 13.5. The predicted octanol–water partition coefficient (Wildman–Crippen LogP) is 2.17. The van der Waals surface area contributed by atoms with Crippen molar-refractivity contribution in [2.75, 3.05) is 11.6 Å². The highest BCUT2D eigenvalue weighted by molar-refractivity contribution is 7.90. The highest BCUT2D eigenvalue weighted by Gasteiger charge is 2.10. The van der Waals surface area contributed by atoms with E-state index in [0.29, 0.717) is 6.54 Å². The Bertz CT molecular complexity index is 636. The summed E-state index contributed by atoms with van der Waals surface area (Å²) in [4.78, 5) is 2.98. The summed E-state index contributed by atoms with van der Waals surface area (Å²) in [6.45, 7) is 0.424. The van der Waals surface area contributed by atoms with Gasteiger partial charge < -0.3 is 10.3 Å². The van der Waals surface area contributed by atoms with Crippen LogP contribution in [0, 0.1) is 5.82 Å². The molecule has 0 unspecified atom stereocenters. The second kappa shape index (κ2) is 4.81. The first-order valence-corrected chi connectivity index (χ1v) is 7.21. The molecule has 0 radical (unpaired) electrons. The normalized spacial score (nSPS) is 11.4. The third-order valence-corrected chi connectivity index (χ3v) is 3.62. The van der Waals surface area contributed by atoms with Gasteiger partial charge in [0.15, 0.2) is 9.84 Å². The number of halogens is 1. The number of sulfone groups is 1. The molecule has 0 fully saturated rings. The number of nitrogens with one attached hydrogen (secondary N) is 2. The molecule has 1 heterocycles. The number of anilines is 1. The van der Waals surface area contributed by atoms with E-state index in [0.717, 1.165) is 17.9 Å². The van der Waals surface area contributed by atoms with Gasteiger partial charge in [0.2, 0.25) is 0 Å². The first-order valence-electron chi connectivity index (χ1n) is 5.32. The topological polar surface area (TPSA) is 62.0 Å². The van der Waals surface area contributed by atoms with Gasteiger partial charge in [-0.05, 0) is 29.8 Å². The lowest BCUT2D eigenvalue weighted by molar-refractivity contribution is 0.600. The number of rotatable bonds is 4. The van der Waals surface area contributed by atoms with Crippen molar-refractivity contribution in [2.45, 2.75) is 11.4 Å². The number of aromatic nitrogens is 1. The summed E-state index contributed by atoms with van der Waals surface area (Å²) in [5.74, 6) is -0.474. The smallest absolute Gasteiger partial charge is 0.175 e. The van der Waals surface area contributed by atoms with Crippen LogP contribution in [0.5, 0.6) is 0 Å². The molecule has 0 spiro atoms. The summed E-state index contributed by atoms with van der Waals surface area (Å²) in [6, 6.07) is 5.56. The third kappa shape index (κ3) is 2.89. The number of hydrogen-bond donors (Lipinski definition) is 2. The van der Waals surface area contributed by atoms with Gasteiger partial charge >= 0.3 is 0 Å². The summed E-state index contributed by atoms with van der Waals surface area (Å²) in [5.41, 5.74) is 1.14. The van der Waals surface area contributed by atoms with Gasteiger partial charge in [-0.3, -0.25) is 0 Å². The molecular weight excluding hydrogens is 255 g/mol. The Hall–Kier alpha value is -1.82. The van der Waals surface area contributed by atoms with Crippen LogP contribution in [0.25, 0.3) is 0 Å². The Labute approximate surface area is 105 Å². The molecule has 4 nitrogen and oxygen atoms in total. The van der Waals surface area contributed by atoms with E-state index >= 15 is 0 Å². The van der Waals surface area contributed by atoms with Crippen LogP contribution < -0.4 is 5.32 Å². The maximum absolute atomic E-state index is 13.5. The Morgan fingerprint density at radius 2 is 2.11 bits per heavy atom. The second-order valence-electron chi connectivity index (χ2n) is 3.99. The van der Waals surface area contributed by atoms with Crippen LogP contribution in [0.4, 0.5) is 10.1 Å². The molecule has 0 aliphatic heterocycles. The quantitative estimate of drug-likeness (QED) is 0.835. The van der Waals surface area contributed by atoms with Crippen molar-refractivity contribution in [3.05, 3.63) is 48.0 Å². The van der Waals surface area contributed by atoms with Crippen molar-refractivity contribution >= 4 is 15.5 Å². The van der Waals surface area contributed by atoms with Crippen molar-refractivity contribution in [3.63, 3.8) is 0 Å². The lowest BCUT2D eigenvalue weighted by Crippen LogP contribution is -2.03. The van der Waals surface area contributed by atoms with Crippen molar-refractivity contribution in [1.29, 1.82) is 0 Å². The first kappa shape index (κ1) is 12.6. The molecule has 2 N–H and O–H groups in total. The molecule has 1 aromatic heterocycles. The summed E-state index contributed by atoms with van der Waals surface area (Å²) in [5, 5.41) is 2.87. The second-order valence-corrected chi connectivity index (χ2v) is 6.00. The largest absolute Gasteiger partial charge is 0.379 e. The molecule has 0 saturated carbocycles. The van der Waals surface area contributed by atoms with E-state index < -0.39 is 15.7 Å². The highest BCUT2D eigenvalue weighted by atomic mass is 32.2. The zero-order chi connectivity index (χ0) is 13.2. The monoisotopic (exact) mass is 268 g/mol. The molecular formula is C12H13FN2O2S. The van der Waals surface area contributed by atoms with Crippen LogP contribution in [0.15, 0.2) is 41.6 Å². The average molecular weight is 268 g/mol. The molecule has 0 atom stereocenters. The van der Waals surface area contributed by atoms with E-state index in [1.54, 1.807) is 12.4 Å². The van der Waals surface area contributed by atoms with Gasteiger partial charge in [0.25, 0.3) is 0 Å². The Morgan fingerprint density at radius 3 is 2.72 bits per heavy atom. The van der Waals surface area contributed by atoms with Crippen molar-refractivity contribution in [3.8, 4) is 0 Å². The first-order chi connectivity index (χ1) is 8.47. The zero-order valence-electron chi connectivity index (χ0n) is 9.77. The van der Waals surface area contributed by atoms with Gasteiger partial charge in [-0.2, -0.15) is 0 Å². The lowest BCUT2D eigenvalue weighted by atomic mass is 10.3. The minimum Gasteiger partial charge on any atom is -0.379 e. The summed E-state index contributed by atoms with van der Waals surface area (Å²) < 4.78 is 36.3. The highest BCUT2D eigenvalue weighted by Crippen LogP contribution is 2.20. The molecule has 0 bridgehead atoms. The third-order valence-electron chi connectivity index (χ3n) is 2.51. The van der Waals surface area contributed by atoms with Crippen molar-refractivity contribution in [2.24, 2.45) is 0 Å². The van der Waals surface area contributed by atoms with Gasteiger partial charge in [-0.25, -0.2) is 12.8 Å². The Morgan fingerprint density at radius 1 is 1.33 bits per heavy atom. The molecule has 0 saturated heterocycles. The van der Waals surface area contributed by atoms with E-state index in [1.165, 1.54) is 12.1 Å². The summed E-state index contributed by atoms with van der Waals surface area (Å²) in [6.07, 6.45) is 4.64. The number of hydrogen-bond acceptors (Lipinski definition) is 3. The summed E-state index contributed by atoms with van der Waals surface area (Å²) >= 11 is 0. The average Bonchev–Trinajstić information content (AvgIpc) is 2.79. The zero-order valence-corrected chi connectivity index (χ0v) is 10.6. The molecule has 0 aliphatic rings. The minimum absolute atomic E-state index is 0.0977. The van der Waals surface area contributed by atoms with Gasteiger partial charge in [-0.15, -0.1) is 0 Å². The number of aromatic amines is 1. The van der Waals surface area contributed by atoms with Crippen molar-refractivity contribution in [1.82, 2.24) is 4.98 Å². The Balaban J connectivity index is 2.22. The molecule has 2 aromatic rings. The van der Waals surface area contributed by atoms with Gasteiger partial charge in [-0.1, -0.05) is 0 Å². The molecule has 1 aromatic carbocycles. The standard InChI is InChI=1S/C12H13FN2O2S/c1-18(16,17)10-2-3-11(13)12(6-10)15-8-9-4-5-14-7-9/h2-7,14-15H,8H2,1H3. The van der Waals surface area contributed by atoms with Crippen molar-refractivity contribution < 1.29 is 12.8 Å². The minimum atomic E-state index is -3.33. The number of H-pyrrole nitrogens is 1. The predicted molar refractivity (Wildman–Crippen MR) is 67.6 cm³/mol. The maximum Gasteiger partial charge on any atom is 0.175 e. The van der Waals surface area contributed by atoms with E-state index in [2.05, 4.69) is 10.3 Å². The molecule has 96 valence electrons. The SMILES string of the molecule is CS(=O)(=O)c1ccc(F)c(NCc2cc[nH]c2)c1. The molecule has 0 aliphatic carbocycles. The van der Waals surface area contributed by atoms with Crippen LogP contribution in [-0.4, -0.2) is 19.7 Å². The molecule has 6 heteroatoms.